The van der Waals surface area contributed by atoms with Gasteiger partial charge < -0.3 is 20.9 Å². The van der Waals surface area contributed by atoms with Gasteiger partial charge >= 0.3 is 0 Å². The Balaban J connectivity index is 1.29. The van der Waals surface area contributed by atoms with Gasteiger partial charge in [0.25, 0.3) is 11.8 Å². The van der Waals surface area contributed by atoms with Gasteiger partial charge in [0.15, 0.2) is 0 Å². The topological polar surface area (TPSA) is 90.5 Å². The maximum absolute atomic E-state index is 12.7. The molecule has 0 unspecified atom stereocenters. The minimum absolute atomic E-state index is 0.0473. The maximum atomic E-state index is 12.7. The third kappa shape index (κ3) is 6.29. The van der Waals surface area contributed by atoms with E-state index in [1.807, 2.05) is 4.90 Å². The van der Waals surface area contributed by atoms with Gasteiger partial charge in [-0.25, -0.2) is 0 Å². The Morgan fingerprint density at radius 1 is 0.882 bits per heavy atom. The van der Waals surface area contributed by atoms with Crippen LogP contribution in [0.15, 0.2) is 42.5 Å². The Morgan fingerprint density at radius 3 is 2.26 bits per heavy atom. The van der Waals surface area contributed by atoms with Crippen molar-refractivity contribution >= 4 is 40.7 Å². The molecule has 1 saturated heterocycles. The molecule has 2 aromatic rings. The Morgan fingerprint density at radius 2 is 1.56 bits per heavy atom. The van der Waals surface area contributed by atoms with Crippen molar-refractivity contribution in [2.45, 2.75) is 51.0 Å². The van der Waals surface area contributed by atoms with E-state index in [-0.39, 0.29) is 30.3 Å². The van der Waals surface area contributed by atoms with Crippen LogP contribution in [0.1, 0.15) is 65.7 Å². The summed E-state index contributed by atoms with van der Waals surface area (Å²) in [6.45, 7) is 1.67. The van der Waals surface area contributed by atoms with E-state index in [2.05, 4.69) is 16.0 Å². The van der Waals surface area contributed by atoms with E-state index in [4.69, 9.17) is 11.6 Å². The summed E-state index contributed by atoms with van der Waals surface area (Å²) < 4.78 is 0. The summed E-state index contributed by atoms with van der Waals surface area (Å²) >= 11 is 6.25. The first-order valence-electron chi connectivity index (χ1n) is 12.0. The van der Waals surface area contributed by atoms with Gasteiger partial charge in [-0.1, -0.05) is 30.9 Å². The zero-order valence-corrected chi connectivity index (χ0v) is 20.0. The lowest BCUT2D eigenvalue weighted by Gasteiger charge is -2.23. The molecular weight excluding hydrogens is 452 g/mol. The fraction of sp³-hybridized carbons (Fsp3) is 0.423. The summed E-state index contributed by atoms with van der Waals surface area (Å²) in [5.74, 6) is -0.416. The lowest BCUT2D eigenvalue weighted by molar-refractivity contribution is -0.114. The SMILES string of the molecule is O=C(CNc1ccc(C(=O)N2CCCC2)cc1)Nc1ccc(Cl)c(C(=O)NC2CCCCC2)c1. The molecule has 0 atom stereocenters. The molecule has 7 nitrogen and oxygen atoms in total. The van der Waals surface area contributed by atoms with Gasteiger partial charge in [0, 0.05) is 36.1 Å². The predicted octanol–water partition coefficient (Wildman–Crippen LogP) is 4.69. The fourth-order valence-corrected chi connectivity index (χ4v) is 4.71. The van der Waals surface area contributed by atoms with Crippen LogP contribution in [0.3, 0.4) is 0 Å². The molecule has 1 saturated carbocycles. The van der Waals surface area contributed by atoms with Crippen molar-refractivity contribution in [3.63, 3.8) is 0 Å². The van der Waals surface area contributed by atoms with Gasteiger partial charge in [-0.05, 0) is 68.1 Å². The molecule has 4 rings (SSSR count). The number of carbonyl (C=O) groups is 3. The van der Waals surface area contributed by atoms with Crippen LogP contribution in [0.2, 0.25) is 5.02 Å². The summed E-state index contributed by atoms with van der Waals surface area (Å²) in [6.07, 6.45) is 7.54. The highest BCUT2D eigenvalue weighted by Gasteiger charge is 2.20. The standard InChI is InChI=1S/C26H31ClN4O3/c27-23-13-12-21(16-22(23)25(33)30-20-6-2-1-3-7-20)29-24(32)17-28-19-10-8-18(9-11-19)26(34)31-14-4-5-15-31/h8-13,16,20,28H,1-7,14-15,17H2,(H,29,32)(H,30,33). The lowest BCUT2D eigenvalue weighted by Crippen LogP contribution is -2.36. The molecule has 0 aromatic heterocycles. The van der Waals surface area contributed by atoms with Crippen LogP contribution in [0.25, 0.3) is 0 Å². The van der Waals surface area contributed by atoms with Crippen LogP contribution in [0.4, 0.5) is 11.4 Å². The van der Waals surface area contributed by atoms with Gasteiger partial charge in [-0.3, -0.25) is 14.4 Å². The third-order valence-corrected chi connectivity index (χ3v) is 6.74. The number of amides is 3. The number of halogens is 1. The van der Waals surface area contributed by atoms with Crippen molar-refractivity contribution in [2.24, 2.45) is 0 Å². The van der Waals surface area contributed by atoms with Gasteiger partial charge in [0.05, 0.1) is 17.1 Å². The number of carbonyl (C=O) groups excluding carboxylic acids is 3. The van der Waals surface area contributed by atoms with E-state index >= 15 is 0 Å². The van der Waals surface area contributed by atoms with Crippen LogP contribution in [0, 0.1) is 0 Å². The van der Waals surface area contributed by atoms with Crippen molar-refractivity contribution in [2.75, 3.05) is 30.3 Å². The number of anilines is 2. The first kappa shape index (κ1) is 24.1. The number of likely N-dealkylation sites (tertiary alicyclic amines) is 1. The first-order valence-corrected chi connectivity index (χ1v) is 12.4. The highest BCUT2D eigenvalue weighted by Crippen LogP contribution is 2.23. The monoisotopic (exact) mass is 482 g/mol. The van der Waals surface area contributed by atoms with E-state index in [1.54, 1.807) is 42.5 Å². The van der Waals surface area contributed by atoms with Crippen molar-refractivity contribution in [3.8, 4) is 0 Å². The van der Waals surface area contributed by atoms with Crippen molar-refractivity contribution in [3.05, 3.63) is 58.6 Å². The van der Waals surface area contributed by atoms with Gasteiger partial charge in [0.2, 0.25) is 5.91 Å². The highest BCUT2D eigenvalue weighted by atomic mass is 35.5. The smallest absolute Gasteiger partial charge is 0.253 e. The molecule has 8 heteroatoms. The van der Waals surface area contributed by atoms with E-state index in [1.165, 1.54) is 6.42 Å². The Labute approximate surface area is 205 Å². The highest BCUT2D eigenvalue weighted by molar-refractivity contribution is 6.34. The molecule has 0 spiro atoms. The Bertz CT molecular complexity index is 1030. The third-order valence-electron chi connectivity index (χ3n) is 6.41. The maximum Gasteiger partial charge on any atom is 0.253 e. The van der Waals surface area contributed by atoms with Crippen LogP contribution >= 0.6 is 11.6 Å². The average Bonchev–Trinajstić information content (AvgIpc) is 3.39. The van der Waals surface area contributed by atoms with Gasteiger partial charge in [0.1, 0.15) is 0 Å². The molecule has 2 aromatic carbocycles. The molecule has 1 aliphatic heterocycles. The molecule has 0 radical (unpaired) electrons. The van der Waals surface area contributed by atoms with Gasteiger partial charge in [-0.2, -0.15) is 0 Å². The summed E-state index contributed by atoms with van der Waals surface area (Å²) in [5.41, 5.74) is 2.27. The molecule has 180 valence electrons. The molecule has 3 amide bonds. The van der Waals surface area contributed by atoms with E-state index in [0.717, 1.165) is 57.3 Å². The predicted molar refractivity (Wildman–Crippen MR) is 134 cm³/mol. The largest absolute Gasteiger partial charge is 0.376 e. The van der Waals surface area contributed by atoms with E-state index in [9.17, 15) is 14.4 Å². The summed E-state index contributed by atoms with van der Waals surface area (Å²) in [7, 11) is 0. The molecular formula is C26H31ClN4O3. The number of nitrogens with one attached hydrogen (secondary N) is 3. The summed E-state index contributed by atoms with van der Waals surface area (Å²) in [4.78, 5) is 39.5. The van der Waals surface area contributed by atoms with E-state index < -0.39 is 0 Å². The number of rotatable bonds is 7. The molecule has 2 fully saturated rings. The van der Waals surface area contributed by atoms with Gasteiger partial charge in [-0.15, -0.1) is 0 Å². The molecule has 3 N–H and O–H groups in total. The average molecular weight is 483 g/mol. The molecule has 1 heterocycles. The number of hydrogen-bond donors (Lipinski definition) is 3. The minimum atomic E-state index is -0.252. The Kier molecular flexibility index (Phi) is 8.06. The lowest BCUT2D eigenvalue weighted by atomic mass is 9.95. The van der Waals surface area contributed by atoms with E-state index in [0.29, 0.717) is 21.8 Å². The number of nitrogens with zero attached hydrogens (tertiary/aromatic N) is 1. The quantitative estimate of drug-likeness (QED) is 0.534. The zero-order valence-electron chi connectivity index (χ0n) is 19.2. The number of hydrogen-bond acceptors (Lipinski definition) is 4. The van der Waals surface area contributed by atoms with Crippen molar-refractivity contribution in [1.82, 2.24) is 10.2 Å². The van der Waals surface area contributed by atoms with Crippen LogP contribution in [-0.4, -0.2) is 48.3 Å². The van der Waals surface area contributed by atoms with Crippen molar-refractivity contribution in [1.29, 1.82) is 0 Å². The van der Waals surface area contributed by atoms with Crippen molar-refractivity contribution < 1.29 is 14.4 Å². The molecule has 0 bridgehead atoms. The normalized spacial score (nSPS) is 16.2. The summed E-state index contributed by atoms with van der Waals surface area (Å²) in [6, 6.07) is 12.2. The van der Waals surface area contributed by atoms with Crippen LogP contribution in [-0.2, 0) is 4.79 Å². The molecule has 1 aliphatic carbocycles. The number of benzene rings is 2. The van der Waals surface area contributed by atoms with Crippen LogP contribution in [0.5, 0.6) is 0 Å². The Hall–Kier alpha value is -3.06. The molecule has 2 aliphatic rings. The first-order chi connectivity index (χ1) is 16.5. The second kappa shape index (κ2) is 11.4. The fourth-order valence-electron chi connectivity index (χ4n) is 4.51. The second-order valence-corrected chi connectivity index (χ2v) is 9.39. The minimum Gasteiger partial charge on any atom is -0.376 e. The molecule has 34 heavy (non-hydrogen) atoms. The second-order valence-electron chi connectivity index (χ2n) is 8.98. The van der Waals surface area contributed by atoms with Crippen LogP contribution < -0.4 is 16.0 Å². The summed E-state index contributed by atoms with van der Waals surface area (Å²) in [5, 5.41) is 9.28. The zero-order chi connectivity index (χ0) is 23.9.